The summed E-state index contributed by atoms with van der Waals surface area (Å²) in [4.78, 5) is 8.26. The molecular formula is C20H19Cl2IN5OP. The SMILES string of the molecule is Cc1ncc(Cl)c([C@@H](C)Oc2ccc(NPI)c(C(=N)c3ccc(N)nc3)c2)c1Cl. The molecule has 0 amide bonds. The molecule has 30 heavy (non-hydrogen) atoms. The van der Waals surface area contributed by atoms with Crippen LogP contribution in [0.15, 0.2) is 42.7 Å². The van der Waals surface area contributed by atoms with Crippen LogP contribution in [-0.4, -0.2) is 15.7 Å². The van der Waals surface area contributed by atoms with Crippen molar-refractivity contribution >= 4 is 68.8 Å². The van der Waals surface area contributed by atoms with E-state index in [-0.39, 0.29) is 0 Å². The van der Waals surface area contributed by atoms with Crippen LogP contribution in [0.5, 0.6) is 5.75 Å². The number of anilines is 2. The van der Waals surface area contributed by atoms with Crippen LogP contribution in [0, 0.1) is 12.3 Å². The van der Waals surface area contributed by atoms with Gasteiger partial charge in [-0.15, -0.1) is 0 Å². The van der Waals surface area contributed by atoms with Gasteiger partial charge in [-0.1, -0.05) is 23.2 Å². The fourth-order valence-corrected chi connectivity index (χ4v) is 4.73. The smallest absolute Gasteiger partial charge is 0.124 e. The average molecular weight is 574 g/mol. The third-order valence-corrected chi connectivity index (χ3v) is 6.37. The van der Waals surface area contributed by atoms with Gasteiger partial charge in [0, 0.05) is 41.1 Å². The van der Waals surface area contributed by atoms with Crippen molar-refractivity contribution in [2.45, 2.75) is 20.0 Å². The Balaban J connectivity index is 1.95. The number of nitrogens with zero attached hydrogens (tertiary/aromatic N) is 2. The van der Waals surface area contributed by atoms with Crippen LogP contribution in [0.3, 0.4) is 0 Å². The van der Waals surface area contributed by atoms with Crippen LogP contribution in [-0.2, 0) is 0 Å². The van der Waals surface area contributed by atoms with E-state index >= 15 is 0 Å². The molecule has 2 aromatic heterocycles. The molecule has 0 aliphatic carbocycles. The van der Waals surface area contributed by atoms with Gasteiger partial charge >= 0.3 is 0 Å². The number of hydrogen-bond donors (Lipinski definition) is 3. The summed E-state index contributed by atoms with van der Waals surface area (Å²) in [7, 11) is 0. The molecule has 0 spiro atoms. The minimum absolute atomic E-state index is 0.313. The third-order valence-electron chi connectivity index (χ3n) is 4.42. The average Bonchev–Trinajstić information content (AvgIpc) is 2.72. The number of nitrogen functional groups attached to an aromatic ring is 1. The number of nitrogens with two attached hydrogens (primary N) is 1. The molecule has 1 unspecified atom stereocenters. The molecule has 2 heterocycles. The molecule has 156 valence electrons. The zero-order valence-electron chi connectivity index (χ0n) is 16.1. The van der Waals surface area contributed by atoms with Gasteiger partial charge in [0.25, 0.3) is 0 Å². The Kier molecular flexibility index (Phi) is 7.74. The van der Waals surface area contributed by atoms with Crippen molar-refractivity contribution in [1.82, 2.24) is 9.97 Å². The fourth-order valence-electron chi connectivity index (χ4n) is 2.89. The molecule has 6 nitrogen and oxygen atoms in total. The highest BCUT2D eigenvalue weighted by atomic mass is 127. The lowest BCUT2D eigenvalue weighted by atomic mass is 10.0. The van der Waals surface area contributed by atoms with Crippen molar-refractivity contribution in [2.75, 3.05) is 10.8 Å². The Hall–Kier alpha value is -1.67. The van der Waals surface area contributed by atoms with Crippen LogP contribution in [0.1, 0.15) is 35.4 Å². The van der Waals surface area contributed by atoms with Gasteiger partial charge in [0.15, 0.2) is 0 Å². The number of aryl methyl sites for hydroxylation is 1. The number of pyridine rings is 2. The van der Waals surface area contributed by atoms with Crippen molar-refractivity contribution in [3.63, 3.8) is 0 Å². The summed E-state index contributed by atoms with van der Waals surface area (Å²) in [6.07, 6.45) is 3.20. The molecule has 0 bridgehead atoms. The predicted molar refractivity (Wildman–Crippen MR) is 135 cm³/mol. The number of nitrogens with one attached hydrogen (secondary N) is 2. The Morgan fingerprint density at radius 3 is 2.67 bits per heavy atom. The maximum Gasteiger partial charge on any atom is 0.124 e. The van der Waals surface area contributed by atoms with E-state index in [0.29, 0.717) is 56.1 Å². The predicted octanol–water partition coefficient (Wildman–Crippen LogP) is 6.59. The van der Waals surface area contributed by atoms with Crippen LogP contribution in [0.25, 0.3) is 0 Å². The molecule has 3 rings (SSSR count). The normalized spacial score (nSPS) is 12.2. The standard InChI is InChI=1S/C20H19Cl2IN5OP/c1-10-19(22)18(15(21)9-26-10)11(2)29-13-4-5-16(28-30-23)14(7-13)20(25)12-3-6-17(24)27-8-12/h3-9,11,25,28,30H,1-2H3,(H2,24,27)/t11-/m1/s1. The van der Waals surface area contributed by atoms with E-state index in [0.717, 1.165) is 5.69 Å². The Labute approximate surface area is 199 Å². The minimum atomic E-state index is -0.405. The molecule has 0 aliphatic rings. The molecular weight excluding hydrogens is 555 g/mol. The lowest BCUT2D eigenvalue weighted by molar-refractivity contribution is 0.227. The second kappa shape index (κ2) is 10.1. The molecule has 0 fully saturated rings. The summed E-state index contributed by atoms with van der Waals surface area (Å²) in [6.45, 7) is 3.69. The van der Waals surface area contributed by atoms with Gasteiger partial charge in [-0.05, 0) is 66.2 Å². The quantitative estimate of drug-likeness (QED) is 0.168. The van der Waals surface area contributed by atoms with E-state index in [9.17, 15) is 0 Å². The first-order valence-electron chi connectivity index (χ1n) is 8.85. The molecule has 1 aromatic carbocycles. The lowest BCUT2D eigenvalue weighted by Gasteiger charge is -2.20. The minimum Gasteiger partial charge on any atom is -0.486 e. The first-order valence-corrected chi connectivity index (χ1v) is 13.7. The number of rotatable bonds is 7. The summed E-state index contributed by atoms with van der Waals surface area (Å²) in [6, 6.07) is 9.02. The van der Waals surface area contributed by atoms with Crippen molar-refractivity contribution in [3.05, 3.63) is 75.2 Å². The lowest BCUT2D eigenvalue weighted by Crippen LogP contribution is -2.09. The molecule has 0 radical (unpaired) electrons. The maximum atomic E-state index is 8.67. The van der Waals surface area contributed by atoms with Crippen molar-refractivity contribution in [2.24, 2.45) is 0 Å². The van der Waals surface area contributed by atoms with Gasteiger partial charge in [-0.2, -0.15) is 0 Å². The first-order chi connectivity index (χ1) is 14.3. The van der Waals surface area contributed by atoms with E-state index in [1.807, 2.05) is 32.0 Å². The van der Waals surface area contributed by atoms with E-state index in [4.69, 9.17) is 39.1 Å². The first kappa shape index (κ1) is 23.0. The largest absolute Gasteiger partial charge is 0.486 e. The van der Waals surface area contributed by atoms with E-state index in [2.05, 4.69) is 37.1 Å². The highest BCUT2D eigenvalue weighted by Crippen LogP contribution is 2.36. The van der Waals surface area contributed by atoms with Crippen LogP contribution in [0.2, 0.25) is 10.0 Å². The van der Waals surface area contributed by atoms with E-state index < -0.39 is 6.10 Å². The number of ether oxygens (including phenoxy) is 1. The Morgan fingerprint density at radius 2 is 2.00 bits per heavy atom. The second-order valence-electron chi connectivity index (χ2n) is 6.45. The van der Waals surface area contributed by atoms with Crippen LogP contribution < -0.4 is 15.6 Å². The van der Waals surface area contributed by atoms with Crippen molar-refractivity contribution < 1.29 is 4.74 Å². The highest BCUT2D eigenvalue weighted by molar-refractivity contribution is 14.2. The molecule has 10 heteroatoms. The van der Waals surface area contributed by atoms with Gasteiger partial charge in [0.1, 0.15) is 17.7 Å². The fraction of sp³-hybridized carbons (Fsp3) is 0.150. The van der Waals surface area contributed by atoms with Crippen molar-refractivity contribution in [3.8, 4) is 5.75 Å². The Morgan fingerprint density at radius 1 is 1.23 bits per heavy atom. The van der Waals surface area contributed by atoms with E-state index in [1.54, 1.807) is 24.5 Å². The van der Waals surface area contributed by atoms with Gasteiger partial charge in [0.2, 0.25) is 0 Å². The Bertz CT molecular complexity index is 1080. The summed E-state index contributed by atoms with van der Waals surface area (Å²) in [5, 5.41) is 12.9. The van der Waals surface area contributed by atoms with Gasteiger partial charge < -0.3 is 15.6 Å². The zero-order chi connectivity index (χ0) is 21.8. The third kappa shape index (κ3) is 5.14. The van der Waals surface area contributed by atoms with E-state index in [1.165, 1.54) is 0 Å². The molecule has 4 N–H and O–H groups in total. The molecule has 0 saturated heterocycles. The number of hydrogen-bond acceptors (Lipinski definition) is 6. The topological polar surface area (TPSA) is 96.9 Å². The maximum absolute atomic E-state index is 8.67. The molecule has 0 saturated carbocycles. The summed E-state index contributed by atoms with van der Waals surface area (Å²) < 4.78 is 6.14. The number of aromatic nitrogens is 2. The highest BCUT2D eigenvalue weighted by Gasteiger charge is 2.19. The molecule has 2 atom stereocenters. The van der Waals surface area contributed by atoms with Gasteiger partial charge in [-0.3, -0.25) is 10.4 Å². The summed E-state index contributed by atoms with van der Waals surface area (Å²) >= 11 is 15.0. The molecule has 3 aromatic rings. The number of benzene rings is 1. The monoisotopic (exact) mass is 573 g/mol. The second-order valence-corrected chi connectivity index (χ2v) is 9.30. The van der Waals surface area contributed by atoms with Gasteiger partial charge in [0.05, 0.1) is 21.5 Å². The summed E-state index contributed by atoms with van der Waals surface area (Å²) in [5.74, 6) is 1.00. The molecule has 0 aliphatic heterocycles. The van der Waals surface area contributed by atoms with Crippen LogP contribution in [0.4, 0.5) is 11.5 Å². The van der Waals surface area contributed by atoms with Crippen molar-refractivity contribution in [1.29, 1.82) is 5.41 Å². The zero-order valence-corrected chi connectivity index (χ0v) is 20.8. The van der Waals surface area contributed by atoms with Gasteiger partial charge in [-0.25, -0.2) is 4.98 Å². The van der Waals surface area contributed by atoms with Crippen LogP contribution >= 0.6 is 51.6 Å². The summed E-state index contributed by atoms with van der Waals surface area (Å²) in [5.41, 5.74) is 9.54. The number of halogens is 3.